The number of carbonyl (C=O) groups excluding carboxylic acids is 1. The van der Waals surface area contributed by atoms with Crippen molar-refractivity contribution < 1.29 is 14.3 Å². The first-order chi connectivity index (χ1) is 13.3. The molecule has 4 rings (SSSR count). The summed E-state index contributed by atoms with van der Waals surface area (Å²) in [7, 11) is 0. The quantitative estimate of drug-likeness (QED) is 0.698. The molecule has 2 aromatic heterocycles. The van der Waals surface area contributed by atoms with E-state index in [0.29, 0.717) is 30.5 Å². The Bertz CT molecular complexity index is 908. The Morgan fingerprint density at radius 3 is 2.96 bits per heavy atom. The van der Waals surface area contributed by atoms with E-state index in [0.717, 1.165) is 12.1 Å². The molecule has 27 heavy (non-hydrogen) atoms. The van der Waals surface area contributed by atoms with Crippen molar-refractivity contribution in [1.82, 2.24) is 30.5 Å². The lowest BCUT2D eigenvalue weighted by Gasteiger charge is -2.14. The van der Waals surface area contributed by atoms with Gasteiger partial charge in [-0.2, -0.15) is 4.68 Å². The highest BCUT2D eigenvalue weighted by Gasteiger charge is 2.21. The number of benzene rings is 1. The van der Waals surface area contributed by atoms with Crippen LogP contribution in [0.15, 0.2) is 48.7 Å². The van der Waals surface area contributed by atoms with Crippen LogP contribution in [-0.2, 0) is 11.3 Å². The van der Waals surface area contributed by atoms with E-state index < -0.39 is 0 Å². The molecule has 1 saturated heterocycles. The number of hydrogen-bond donors (Lipinski definition) is 1. The zero-order valence-electron chi connectivity index (χ0n) is 14.5. The van der Waals surface area contributed by atoms with E-state index in [9.17, 15) is 4.79 Å². The summed E-state index contributed by atoms with van der Waals surface area (Å²) in [5.41, 5.74) is 1.18. The van der Waals surface area contributed by atoms with E-state index in [1.54, 1.807) is 23.0 Å². The van der Waals surface area contributed by atoms with Gasteiger partial charge in [0.25, 0.3) is 5.91 Å². The molecule has 3 aromatic rings. The molecule has 0 bridgehead atoms. The summed E-state index contributed by atoms with van der Waals surface area (Å²) in [5.74, 6) is 0.512. The van der Waals surface area contributed by atoms with Crippen molar-refractivity contribution in [2.75, 3.05) is 13.2 Å². The summed E-state index contributed by atoms with van der Waals surface area (Å²) in [6.07, 6.45) is 2.29. The minimum Gasteiger partial charge on any atom is -0.471 e. The standard InChI is InChI=1S/C18H18N6O3/c25-17(15-7-4-9-19-18(15)27-14-8-10-26-12-14)20-11-16-21-22-23-24(16)13-5-2-1-3-6-13/h1-7,9,14H,8,10-12H2,(H,20,25). The molecule has 1 unspecified atom stereocenters. The molecule has 1 N–H and O–H groups in total. The number of pyridine rings is 1. The number of rotatable bonds is 6. The van der Waals surface area contributed by atoms with E-state index in [4.69, 9.17) is 9.47 Å². The summed E-state index contributed by atoms with van der Waals surface area (Å²) >= 11 is 0. The van der Waals surface area contributed by atoms with Crippen LogP contribution in [0.5, 0.6) is 5.88 Å². The maximum atomic E-state index is 12.6. The van der Waals surface area contributed by atoms with Crippen LogP contribution in [0.2, 0.25) is 0 Å². The van der Waals surface area contributed by atoms with Gasteiger partial charge in [0.2, 0.25) is 5.88 Å². The number of carbonyl (C=O) groups is 1. The third-order valence-corrected chi connectivity index (χ3v) is 4.12. The average Bonchev–Trinajstić information content (AvgIpc) is 3.39. The zero-order valence-corrected chi connectivity index (χ0v) is 14.5. The smallest absolute Gasteiger partial charge is 0.257 e. The Morgan fingerprint density at radius 2 is 2.15 bits per heavy atom. The lowest BCUT2D eigenvalue weighted by Crippen LogP contribution is -2.26. The van der Waals surface area contributed by atoms with E-state index in [1.165, 1.54) is 0 Å². The molecular weight excluding hydrogens is 348 g/mol. The number of nitrogens with zero attached hydrogens (tertiary/aromatic N) is 5. The Kier molecular flexibility index (Phi) is 5.01. The summed E-state index contributed by atoms with van der Waals surface area (Å²) in [4.78, 5) is 16.8. The Morgan fingerprint density at radius 1 is 1.26 bits per heavy atom. The Labute approximate surface area is 155 Å². The summed E-state index contributed by atoms with van der Waals surface area (Å²) in [6.45, 7) is 1.33. The molecule has 3 heterocycles. The van der Waals surface area contributed by atoms with Gasteiger partial charge in [0, 0.05) is 12.6 Å². The SMILES string of the molecule is O=C(NCc1nnnn1-c1ccccc1)c1cccnc1OC1CCOC1. The monoisotopic (exact) mass is 366 g/mol. The van der Waals surface area contributed by atoms with Gasteiger partial charge in [-0.15, -0.1) is 5.10 Å². The van der Waals surface area contributed by atoms with Crippen LogP contribution in [0.3, 0.4) is 0 Å². The molecule has 9 nitrogen and oxygen atoms in total. The predicted octanol–water partition coefficient (Wildman–Crippen LogP) is 1.15. The molecule has 0 saturated carbocycles. The molecule has 138 valence electrons. The highest BCUT2D eigenvalue weighted by atomic mass is 16.5. The van der Waals surface area contributed by atoms with Gasteiger partial charge in [-0.1, -0.05) is 18.2 Å². The van der Waals surface area contributed by atoms with Crippen LogP contribution in [0.4, 0.5) is 0 Å². The van der Waals surface area contributed by atoms with E-state index >= 15 is 0 Å². The molecule has 1 aromatic carbocycles. The topological polar surface area (TPSA) is 104 Å². The third kappa shape index (κ3) is 3.93. The molecule has 0 spiro atoms. The number of amides is 1. The largest absolute Gasteiger partial charge is 0.471 e. The first-order valence-corrected chi connectivity index (χ1v) is 8.61. The van der Waals surface area contributed by atoms with E-state index in [-0.39, 0.29) is 18.6 Å². The first-order valence-electron chi connectivity index (χ1n) is 8.61. The van der Waals surface area contributed by atoms with Crippen LogP contribution in [-0.4, -0.2) is 50.4 Å². The van der Waals surface area contributed by atoms with Crippen LogP contribution in [0, 0.1) is 0 Å². The van der Waals surface area contributed by atoms with Crippen LogP contribution in [0.1, 0.15) is 22.6 Å². The summed E-state index contributed by atoms with van der Waals surface area (Å²) in [6, 6.07) is 12.8. The number of tetrazole rings is 1. The lowest BCUT2D eigenvalue weighted by atomic mass is 10.2. The molecular formula is C18H18N6O3. The predicted molar refractivity (Wildman–Crippen MR) is 94.4 cm³/mol. The molecule has 1 aliphatic rings. The average molecular weight is 366 g/mol. The molecule has 1 fully saturated rings. The van der Waals surface area contributed by atoms with Crippen LogP contribution >= 0.6 is 0 Å². The van der Waals surface area contributed by atoms with Crippen LogP contribution < -0.4 is 10.1 Å². The molecule has 1 amide bonds. The van der Waals surface area contributed by atoms with Gasteiger partial charge < -0.3 is 14.8 Å². The highest BCUT2D eigenvalue weighted by molar-refractivity contribution is 5.96. The van der Waals surface area contributed by atoms with E-state index in [1.807, 2.05) is 30.3 Å². The molecule has 9 heteroatoms. The number of aromatic nitrogens is 5. The van der Waals surface area contributed by atoms with Crippen molar-refractivity contribution in [2.24, 2.45) is 0 Å². The van der Waals surface area contributed by atoms with Gasteiger partial charge in [-0.25, -0.2) is 4.98 Å². The fraction of sp³-hybridized carbons (Fsp3) is 0.278. The fourth-order valence-electron chi connectivity index (χ4n) is 2.76. The second kappa shape index (κ2) is 7.92. The number of nitrogens with one attached hydrogen (secondary N) is 1. The minimum atomic E-state index is -0.306. The first kappa shape index (κ1) is 17.1. The highest BCUT2D eigenvalue weighted by Crippen LogP contribution is 2.19. The van der Waals surface area contributed by atoms with Crippen molar-refractivity contribution in [3.63, 3.8) is 0 Å². The van der Waals surface area contributed by atoms with Gasteiger partial charge in [-0.3, -0.25) is 4.79 Å². The number of para-hydroxylation sites is 1. The Balaban J connectivity index is 1.46. The second-order valence-electron chi connectivity index (χ2n) is 5.98. The number of hydrogen-bond acceptors (Lipinski definition) is 7. The van der Waals surface area contributed by atoms with Crippen molar-refractivity contribution >= 4 is 5.91 Å². The Hall–Kier alpha value is -3.33. The van der Waals surface area contributed by atoms with Gasteiger partial charge in [0.05, 0.1) is 25.4 Å². The lowest BCUT2D eigenvalue weighted by molar-refractivity contribution is 0.0936. The zero-order chi connectivity index (χ0) is 18.5. The molecule has 0 aliphatic carbocycles. The minimum absolute atomic E-state index is 0.0863. The molecule has 0 radical (unpaired) electrons. The molecule has 1 atom stereocenters. The summed E-state index contributed by atoms with van der Waals surface area (Å²) in [5, 5.41) is 14.5. The molecule has 1 aliphatic heterocycles. The van der Waals surface area contributed by atoms with Gasteiger partial charge in [-0.05, 0) is 34.7 Å². The maximum Gasteiger partial charge on any atom is 0.257 e. The normalized spacial score (nSPS) is 16.2. The van der Waals surface area contributed by atoms with Crippen LogP contribution in [0.25, 0.3) is 5.69 Å². The third-order valence-electron chi connectivity index (χ3n) is 4.12. The van der Waals surface area contributed by atoms with Gasteiger partial charge >= 0.3 is 0 Å². The van der Waals surface area contributed by atoms with Gasteiger partial charge in [0.15, 0.2) is 5.82 Å². The van der Waals surface area contributed by atoms with Gasteiger partial charge in [0.1, 0.15) is 11.7 Å². The second-order valence-corrected chi connectivity index (χ2v) is 5.98. The maximum absolute atomic E-state index is 12.6. The van der Waals surface area contributed by atoms with Crippen molar-refractivity contribution in [1.29, 1.82) is 0 Å². The fourth-order valence-corrected chi connectivity index (χ4v) is 2.76. The van der Waals surface area contributed by atoms with E-state index in [2.05, 4.69) is 25.8 Å². The van der Waals surface area contributed by atoms with Crippen molar-refractivity contribution in [2.45, 2.75) is 19.1 Å². The van der Waals surface area contributed by atoms with Crippen molar-refractivity contribution in [3.05, 3.63) is 60.0 Å². The number of ether oxygens (including phenoxy) is 2. The van der Waals surface area contributed by atoms with Crippen molar-refractivity contribution in [3.8, 4) is 11.6 Å². The summed E-state index contributed by atoms with van der Waals surface area (Å²) < 4.78 is 12.7.